The topological polar surface area (TPSA) is 49.4 Å². The van der Waals surface area contributed by atoms with Crippen molar-refractivity contribution in [1.82, 2.24) is 4.90 Å². The second kappa shape index (κ2) is 7.50. The molecular formula is C16H22N2O2S. The quantitative estimate of drug-likeness (QED) is 0.856. The number of benzene rings is 1. The van der Waals surface area contributed by atoms with E-state index in [9.17, 15) is 9.59 Å². The van der Waals surface area contributed by atoms with Crippen LogP contribution in [0.4, 0.5) is 10.5 Å². The third-order valence-electron chi connectivity index (χ3n) is 3.64. The van der Waals surface area contributed by atoms with Crippen molar-refractivity contribution in [2.75, 3.05) is 19.4 Å². The van der Waals surface area contributed by atoms with E-state index >= 15 is 0 Å². The first-order valence-corrected chi connectivity index (χ1v) is 8.15. The second-order valence-corrected chi connectivity index (χ2v) is 6.72. The van der Waals surface area contributed by atoms with E-state index in [1.54, 1.807) is 14.1 Å². The molecule has 0 spiro atoms. The molecule has 1 aliphatic rings. The van der Waals surface area contributed by atoms with Crippen molar-refractivity contribution in [2.24, 2.45) is 5.92 Å². The normalized spacial score (nSPS) is 15.0. The molecule has 0 saturated heterocycles. The zero-order valence-corrected chi connectivity index (χ0v) is 13.4. The highest BCUT2D eigenvalue weighted by molar-refractivity contribution is 8.13. The van der Waals surface area contributed by atoms with Crippen molar-refractivity contribution in [1.29, 1.82) is 0 Å². The minimum Gasteiger partial charge on any atom is -0.339 e. The van der Waals surface area contributed by atoms with E-state index in [-0.39, 0.29) is 11.1 Å². The first kappa shape index (κ1) is 15.9. The molecule has 0 aromatic heterocycles. The molecule has 1 aromatic rings. The van der Waals surface area contributed by atoms with Crippen molar-refractivity contribution < 1.29 is 9.59 Å². The van der Waals surface area contributed by atoms with Crippen molar-refractivity contribution >= 4 is 28.6 Å². The van der Waals surface area contributed by atoms with E-state index in [2.05, 4.69) is 5.32 Å². The fraction of sp³-hybridized carbons (Fsp3) is 0.500. The van der Waals surface area contributed by atoms with E-state index in [0.717, 1.165) is 22.3 Å². The van der Waals surface area contributed by atoms with Gasteiger partial charge in [-0.1, -0.05) is 18.9 Å². The molecule has 114 valence electrons. The molecule has 2 rings (SSSR count). The van der Waals surface area contributed by atoms with Crippen LogP contribution in [0.2, 0.25) is 0 Å². The molecule has 1 saturated carbocycles. The van der Waals surface area contributed by atoms with Crippen molar-refractivity contribution in [3.63, 3.8) is 0 Å². The number of hydrogen-bond donors (Lipinski definition) is 1. The highest BCUT2D eigenvalue weighted by Gasteiger charge is 2.18. The van der Waals surface area contributed by atoms with Crippen LogP contribution in [0, 0.1) is 5.92 Å². The number of amides is 2. The highest BCUT2D eigenvalue weighted by Crippen LogP contribution is 2.28. The number of nitrogens with one attached hydrogen (secondary N) is 1. The van der Waals surface area contributed by atoms with E-state index in [1.807, 2.05) is 24.3 Å². The van der Waals surface area contributed by atoms with Gasteiger partial charge in [-0.3, -0.25) is 9.59 Å². The zero-order chi connectivity index (χ0) is 15.2. The minimum atomic E-state index is -0.0237. The maximum atomic E-state index is 12.0. The average molecular weight is 306 g/mol. The lowest BCUT2D eigenvalue weighted by molar-refractivity contribution is -0.117. The number of carbonyl (C=O) groups is 2. The largest absolute Gasteiger partial charge is 0.339 e. The van der Waals surface area contributed by atoms with Gasteiger partial charge in [0.05, 0.1) is 0 Å². The van der Waals surface area contributed by atoms with Crippen LogP contribution in [0.15, 0.2) is 29.2 Å². The van der Waals surface area contributed by atoms with E-state index < -0.39 is 0 Å². The van der Waals surface area contributed by atoms with Crippen molar-refractivity contribution in [2.45, 2.75) is 37.0 Å². The Bertz CT molecular complexity index is 511. The van der Waals surface area contributed by atoms with Gasteiger partial charge in [-0.25, -0.2) is 0 Å². The van der Waals surface area contributed by atoms with Gasteiger partial charge in [0.2, 0.25) is 5.91 Å². The van der Waals surface area contributed by atoms with Gasteiger partial charge in [-0.05, 0) is 48.7 Å². The second-order valence-electron chi connectivity index (χ2n) is 5.69. The monoisotopic (exact) mass is 306 g/mol. The summed E-state index contributed by atoms with van der Waals surface area (Å²) < 4.78 is 0. The van der Waals surface area contributed by atoms with E-state index in [1.165, 1.54) is 30.6 Å². The molecule has 21 heavy (non-hydrogen) atoms. The predicted molar refractivity (Wildman–Crippen MR) is 86.6 cm³/mol. The molecule has 2 amide bonds. The number of carbonyl (C=O) groups excluding carboxylic acids is 2. The van der Waals surface area contributed by atoms with Crippen LogP contribution in [0.1, 0.15) is 32.1 Å². The summed E-state index contributed by atoms with van der Waals surface area (Å²) in [6.07, 6.45) is 5.43. The summed E-state index contributed by atoms with van der Waals surface area (Å²) in [5.41, 5.74) is 0.759. The SMILES string of the molecule is CN(C)C(=O)Sc1cccc(NC(=O)CC2CCCC2)c1. The first-order chi connectivity index (χ1) is 10.0. The Balaban J connectivity index is 1.90. The molecule has 0 aliphatic heterocycles. The number of rotatable bonds is 4. The van der Waals surface area contributed by atoms with Gasteiger partial charge < -0.3 is 10.2 Å². The van der Waals surface area contributed by atoms with Crippen molar-refractivity contribution in [3.8, 4) is 0 Å². The maximum Gasteiger partial charge on any atom is 0.285 e. The van der Waals surface area contributed by atoms with E-state index in [4.69, 9.17) is 0 Å². The zero-order valence-electron chi connectivity index (χ0n) is 12.6. The van der Waals surface area contributed by atoms with Crippen LogP contribution < -0.4 is 5.32 Å². The Morgan fingerprint density at radius 1 is 1.29 bits per heavy atom. The van der Waals surface area contributed by atoms with Gasteiger partial charge in [0, 0.05) is 31.1 Å². The van der Waals surface area contributed by atoms with Crippen LogP contribution in [-0.2, 0) is 4.79 Å². The van der Waals surface area contributed by atoms with Crippen LogP contribution in [0.25, 0.3) is 0 Å². The van der Waals surface area contributed by atoms with E-state index in [0.29, 0.717) is 12.3 Å². The Morgan fingerprint density at radius 2 is 2.00 bits per heavy atom. The van der Waals surface area contributed by atoms with Gasteiger partial charge in [-0.2, -0.15) is 0 Å². The maximum absolute atomic E-state index is 12.0. The lowest BCUT2D eigenvalue weighted by Crippen LogP contribution is -2.16. The molecule has 0 unspecified atom stereocenters. The molecule has 0 heterocycles. The summed E-state index contributed by atoms with van der Waals surface area (Å²) in [4.78, 5) is 26.1. The molecule has 1 aliphatic carbocycles. The number of thioether (sulfide) groups is 1. The van der Waals surface area contributed by atoms with Crippen LogP contribution in [-0.4, -0.2) is 30.1 Å². The summed E-state index contributed by atoms with van der Waals surface area (Å²) in [6.45, 7) is 0. The fourth-order valence-corrected chi connectivity index (χ4v) is 3.23. The first-order valence-electron chi connectivity index (χ1n) is 7.33. The summed E-state index contributed by atoms with van der Waals surface area (Å²) in [7, 11) is 3.45. The molecule has 1 fully saturated rings. The molecule has 5 heteroatoms. The average Bonchev–Trinajstić information content (AvgIpc) is 2.91. The van der Waals surface area contributed by atoms with Gasteiger partial charge in [0.15, 0.2) is 0 Å². The van der Waals surface area contributed by atoms with Crippen LogP contribution in [0.3, 0.4) is 0 Å². The van der Waals surface area contributed by atoms with Gasteiger partial charge >= 0.3 is 0 Å². The highest BCUT2D eigenvalue weighted by atomic mass is 32.2. The standard InChI is InChI=1S/C16H22N2O2S/c1-18(2)16(20)21-14-9-5-8-13(11-14)17-15(19)10-12-6-3-4-7-12/h5,8-9,11-12H,3-4,6-7,10H2,1-2H3,(H,17,19). The minimum absolute atomic E-state index is 0.0237. The Labute approximate surface area is 130 Å². The Morgan fingerprint density at radius 3 is 2.67 bits per heavy atom. The molecule has 1 aromatic carbocycles. The Hall–Kier alpha value is -1.49. The van der Waals surface area contributed by atoms with Crippen LogP contribution >= 0.6 is 11.8 Å². The number of hydrogen-bond acceptors (Lipinski definition) is 3. The lowest BCUT2D eigenvalue weighted by atomic mass is 10.0. The summed E-state index contributed by atoms with van der Waals surface area (Å²) >= 11 is 1.16. The van der Waals surface area contributed by atoms with Gasteiger partial charge in [-0.15, -0.1) is 0 Å². The molecule has 0 atom stereocenters. The predicted octanol–water partition coefficient (Wildman–Crippen LogP) is 3.98. The molecular weight excluding hydrogens is 284 g/mol. The smallest absolute Gasteiger partial charge is 0.285 e. The number of anilines is 1. The lowest BCUT2D eigenvalue weighted by Gasteiger charge is -2.11. The summed E-state index contributed by atoms with van der Waals surface area (Å²) in [5.74, 6) is 0.612. The van der Waals surface area contributed by atoms with Crippen molar-refractivity contribution in [3.05, 3.63) is 24.3 Å². The molecule has 1 N–H and O–H groups in total. The fourth-order valence-electron chi connectivity index (χ4n) is 2.52. The van der Waals surface area contributed by atoms with Crippen LogP contribution in [0.5, 0.6) is 0 Å². The molecule has 0 radical (unpaired) electrons. The Kier molecular flexibility index (Phi) is 5.67. The van der Waals surface area contributed by atoms with Gasteiger partial charge in [0.1, 0.15) is 0 Å². The molecule has 0 bridgehead atoms. The summed E-state index contributed by atoms with van der Waals surface area (Å²) in [5, 5.41) is 2.91. The molecule has 4 nitrogen and oxygen atoms in total. The van der Waals surface area contributed by atoms with Gasteiger partial charge in [0.25, 0.3) is 5.24 Å². The third-order valence-corrected chi connectivity index (χ3v) is 4.67. The number of nitrogens with zero attached hydrogens (tertiary/aromatic N) is 1. The third kappa shape index (κ3) is 5.08. The summed E-state index contributed by atoms with van der Waals surface area (Å²) in [6, 6.07) is 7.44.